The monoisotopic (exact) mass is 275 g/mol. The second-order valence-corrected chi connectivity index (χ2v) is 4.89. The van der Waals surface area contributed by atoms with Crippen LogP contribution in [0.15, 0.2) is 24.3 Å². The van der Waals surface area contributed by atoms with E-state index in [1.54, 1.807) is 6.07 Å². The Kier molecular flexibility index (Phi) is 4.98. The summed E-state index contributed by atoms with van der Waals surface area (Å²) in [6, 6.07) is 6.91. The SMILES string of the molecule is CCNc1ccccc1C(=O)NC1CCCCNC1=O. The van der Waals surface area contributed by atoms with E-state index >= 15 is 0 Å². The fraction of sp³-hybridized carbons (Fsp3) is 0.467. The van der Waals surface area contributed by atoms with Crippen molar-refractivity contribution in [3.63, 3.8) is 0 Å². The molecule has 0 aromatic heterocycles. The van der Waals surface area contributed by atoms with Crippen molar-refractivity contribution < 1.29 is 9.59 Å². The molecule has 1 fully saturated rings. The number of hydrogen-bond donors (Lipinski definition) is 3. The van der Waals surface area contributed by atoms with Crippen molar-refractivity contribution in [2.24, 2.45) is 0 Å². The number of para-hydroxylation sites is 1. The molecule has 108 valence electrons. The van der Waals surface area contributed by atoms with E-state index in [0.29, 0.717) is 18.5 Å². The maximum Gasteiger partial charge on any atom is 0.254 e. The van der Waals surface area contributed by atoms with Crippen LogP contribution < -0.4 is 16.0 Å². The Labute approximate surface area is 119 Å². The number of hydrogen-bond acceptors (Lipinski definition) is 3. The van der Waals surface area contributed by atoms with Gasteiger partial charge in [0.25, 0.3) is 5.91 Å². The Bertz CT molecular complexity index is 488. The van der Waals surface area contributed by atoms with Gasteiger partial charge >= 0.3 is 0 Å². The lowest BCUT2D eigenvalue weighted by Gasteiger charge is -2.17. The number of rotatable bonds is 4. The summed E-state index contributed by atoms with van der Waals surface area (Å²) in [5.41, 5.74) is 1.37. The van der Waals surface area contributed by atoms with Crippen LogP contribution >= 0.6 is 0 Å². The topological polar surface area (TPSA) is 70.2 Å². The molecule has 0 saturated carbocycles. The molecular weight excluding hydrogens is 254 g/mol. The van der Waals surface area contributed by atoms with E-state index < -0.39 is 6.04 Å². The zero-order valence-corrected chi connectivity index (χ0v) is 11.7. The van der Waals surface area contributed by atoms with Crippen LogP contribution in [0.3, 0.4) is 0 Å². The third-order valence-electron chi connectivity index (χ3n) is 3.38. The highest BCUT2D eigenvalue weighted by Crippen LogP contribution is 2.15. The van der Waals surface area contributed by atoms with Crippen molar-refractivity contribution >= 4 is 17.5 Å². The summed E-state index contributed by atoms with van der Waals surface area (Å²) in [7, 11) is 0. The predicted molar refractivity (Wildman–Crippen MR) is 78.7 cm³/mol. The van der Waals surface area contributed by atoms with Gasteiger partial charge in [0.05, 0.1) is 5.56 Å². The third-order valence-corrected chi connectivity index (χ3v) is 3.38. The van der Waals surface area contributed by atoms with Gasteiger partial charge < -0.3 is 16.0 Å². The highest BCUT2D eigenvalue weighted by Gasteiger charge is 2.23. The molecule has 2 rings (SSSR count). The molecular formula is C15H21N3O2. The number of benzene rings is 1. The number of anilines is 1. The van der Waals surface area contributed by atoms with Gasteiger partial charge in [-0.2, -0.15) is 0 Å². The van der Waals surface area contributed by atoms with Crippen molar-refractivity contribution in [3.8, 4) is 0 Å². The number of amides is 2. The van der Waals surface area contributed by atoms with Crippen LogP contribution in [0.1, 0.15) is 36.5 Å². The van der Waals surface area contributed by atoms with E-state index in [-0.39, 0.29) is 11.8 Å². The molecule has 1 atom stereocenters. The van der Waals surface area contributed by atoms with Crippen LogP contribution in [-0.4, -0.2) is 30.9 Å². The first kappa shape index (κ1) is 14.4. The normalized spacial score (nSPS) is 18.9. The van der Waals surface area contributed by atoms with E-state index in [9.17, 15) is 9.59 Å². The van der Waals surface area contributed by atoms with Crippen LogP contribution in [0.5, 0.6) is 0 Å². The molecule has 0 bridgehead atoms. The average molecular weight is 275 g/mol. The molecule has 2 amide bonds. The van der Waals surface area contributed by atoms with Gasteiger partial charge in [0.1, 0.15) is 6.04 Å². The average Bonchev–Trinajstić information content (AvgIpc) is 2.65. The van der Waals surface area contributed by atoms with Crippen LogP contribution in [0.25, 0.3) is 0 Å². The fourth-order valence-electron chi connectivity index (χ4n) is 2.34. The largest absolute Gasteiger partial charge is 0.385 e. The first-order valence-corrected chi connectivity index (χ1v) is 7.14. The van der Waals surface area contributed by atoms with Gasteiger partial charge in [-0.25, -0.2) is 0 Å². The second kappa shape index (κ2) is 6.93. The van der Waals surface area contributed by atoms with E-state index in [2.05, 4.69) is 16.0 Å². The second-order valence-electron chi connectivity index (χ2n) is 4.89. The number of carbonyl (C=O) groups excluding carboxylic acids is 2. The lowest BCUT2D eigenvalue weighted by molar-refractivity contribution is -0.122. The van der Waals surface area contributed by atoms with E-state index in [0.717, 1.165) is 25.1 Å². The predicted octanol–water partition coefficient (Wildman–Crippen LogP) is 1.52. The maximum atomic E-state index is 12.3. The lowest BCUT2D eigenvalue weighted by atomic mass is 10.1. The number of nitrogens with one attached hydrogen (secondary N) is 3. The number of carbonyl (C=O) groups is 2. The van der Waals surface area contributed by atoms with E-state index in [4.69, 9.17) is 0 Å². The van der Waals surface area contributed by atoms with Crippen LogP contribution in [0.2, 0.25) is 0 Å². The Balaban J connectivity index is 2.09. The quantitative estimate of drug-likeness (QED) is 0.780. The molecule has 0 radical (unpaired) electrons. The Morgan fingerprint density at radius 3 is 2.95 bits per heavy atom. The molecule has 1 unspecified atom stereocenters. The highest BCUT2D eigenvalue weighted by atomic mass is 16.2. The summed E-state index contributed by atoms with van der Waals surface area (Å²) in [6.45, 7) is 3.42. The minimum atomic E-state index is -0.431. The highest BCUT2D eigenvalue weighted by molar-refractivity contribution is 6.01. The molecule has 1 aromatic rings. The van der Waals surface area contributed by atoms with E-state index in [1.807, 2.05) is 25.1 Å². The zero-order chi connectivity index (χ0) is 14.4. The van der Waals surface area contributed by atoms with Crippen LogP contribution in [0.4, 0.5) is 5.69 Å². The molecule has 0 spiro atoms. The molecule has 3 N–H and O–H groups in total. The summed E-state index contributed by atoms with van der Waals surface area (Å²) in [4.78, 5) is 24.2. The molecule has 1 heterocycles. The van der Waals surface area contributed by atoms with Crippen LogP contribution in [-0.2, 0) is 4.79 Å². The van der Waals surface area contributed by atoms with Crippen molar-refractivity contribution in [3.05, 3.63) is 29.8 Å². The van der Waals surface area contributed by atoms with Gasteiger partial charge in [-0.3, -0.25) is 9.59 Å². The van der Waals surface area contributed by atoms with Gasteiger partial charge in [0.15, 0.2) is 0 Å². The maximum absolute atomic E-state index is 12.3. The summed E-state index contributed by atoms with van der Waals surface area (Å²) in [6.07, 6.45) is 2.60. The molecule has 1 saturated heterocycles. The molecule has 1 aliphatic heterocycles. The Morgan fingerprint density at radius 1 is 1.35 bits per heavy atom. The van der Waals surface area contributed by atoms with Crippen LogP contribution in [0, 0.1) is 0 Å². The first-order valence-electron chi connectivity index (χ1n) is 7.14. The van der Waals surface area contributed by atoms with Gasteiger partial charge in [-0.1, -0.05) is 12.1 Å². The minimum absolute atomic E-state index is 0.0863. The van der Waals surface area contributed by atoms with Crippen molar-refractivity contribution in [2.45, 2.75) is 32.2 Å². The third kappa shape index (κ3) is 3.50. The molecule has 20 heavy (non-hydrogen) atoms. The molecule has 0 aliphatic carbocycles. The standard InChI is InChI=1S/C15H21N3O2/c1-2-16-12-8-4-3-7-11(12)14(19)18-13-9-5-6-10-17-15(13)20/h3-4,7-8,13,16H,2,5-6,9-10H2,1H3,(H,17,20)(H,18,19). The summed E-state index contributed by atoms with van der Waals surface area (Å²) < 4.78 is 0. The Hall–Kier alpha value is -2.04. The summed E-state index contributed by atoms with van der Waals surface area (Å²) in [5.74, 6) is -0.291. The molecule has 5 heteroatoms. The Morgan fingerprint density at radius 2 is 2.15 bits per heavy atom. The van der Waals surface area contributed by atoms with Crippen molar-refractivity contribution in [1.82, 2.24) is 10.6 Å². The van der Waals surface area contributed by atoms with Gasteiger partial charge in [-0.15, -0.1) is 0 Å². The van der Waals surface area contributed by atoms with Crippen molar-refractivity contribution in [2.75, 3.05) is 18.4 Å². The summed E-state index contributed by atoms with van der Waals surface area (Å²) in [5, 5.41) is 8.81. The fourth-order valence-corrected chi connectivity index (χ4v) is 2.34. The van der Waals surface area contributed by atoms with E-state index in [1.165, 1.54) is 0 Å². The zero-order valence-electron chi connectivity index (χ0n) is 11.7. The molecule has 1 aliphatic rings. The van der Waals surface area contributed by atoms with Gasteiger partial charge in [0, 0.05) is 18.8 Å². The molecule has 5 nitrogen and oxygen atoms in total. The minimum Gasteiger partial charge on any atom is -0.385 e. The first-order chi connectivity index (χ1) is 9.72. The summed E-state index contributed by atoms with van der Waals surface area (Å²) >= 11 is 0. The molecule has 1 aromatic carbocycles. The lowest BCUT2D eigenvalue weighted by Crippen LogP contribution is -2.45. The van der Waals surface area contributed by atoms with Crippen molar-refractivity contribution in [1.29, 1.82) is 0 Å². The van der Waals surface area contributed by atoms with Gasteiger partial charge in [-0.05, 0) is 38.3 Å². The van der Waals surface area contributed by atoms with Gasteiger partial charge in [0.2, 0.25) is 5.91 Å². The smallest absolute Gasteiger partial charge is 0.254 e.